The standard InChI is InChI=1S/C24H27ClFN3O/c1-23(2,3)28-22(30)18-12-16(15-7-8-20(26)19(25)14-15)11-17(13-18)21-9-10-27-29(21)24(4,5)6/h7-14H,1-6H3,(H,28,30). The molecule has 30 heavy (non-hydrogen) atoms. The van der Waals surface area contributed by atoms with Crippen LogP contribution in [0.4, 0.5) is 4.39 Å². The van der Waals surface area contributed by atoms with Gasteiger partial charge in [-0.1, -0.05) is 17.7 Å². The van der Waals surface area contributed by atoms with Gasteiger partial charge in [0.2, 0.25) is 0 Å². The van der Waals surface area contributed by atoms with E-state index in [-0.39, 0.29) is 22.0 Å². The second kappa shape index (κ2) is 7.88. The van der Waals surface area contributed by atoms with E-state index < -0.39 is 5.82 Å². The number of aromatic nitrogens is 2. The van der Waals surface area contributed by atoms with Gasteiger partial charge in [0.25, 0.3) is 5.91 Å². The molecule has 0 aliphatic rings. The van der Waals surface area contributed by atoms with Gasteiger partial charge in [-0.3, -0.25) is 9.48 Å². The van der Waals surface area contributed by atoms with Crippen molar-refractivity contribution in [2.45, 2.75) is 52.6 Å². The molecule has 0 fully saturated rings. The Morgan fingerprint density at radius 2 is 1.63 bits per heavy atom. The molecule has 1 aromatic heterocycles. The summed E-state index contributed by atoms with van der Waals surface area (Å²) in [4.78, 5) is 12.9. The number of amides is 1. The Bertz CT molecular complexity index is 1090. The molecule has 3 rings (SSSR count). The van der Waals surface area contributed by atoms with E-state index >= 15 is 0 Å². The summed E-state index contributed by atoms with van der Waals surface area (Å²) in [5, 5.41) is 7.52. The van der Waals surface area contributed by atoms with Crippen molar-refractivity contribution in [3.05, 3.63) is 65.1 Å². The Labute approximate surface area is 182 Å². The zero-order valence-corrected chi connectivity index (χ0v) is 18.9. The number of carbonyl (C=O) groups is 1. The average Bonchev–Trinajstić information content (AvgIpc) is 3.12. The molecule has 0 spiro atoms. The van der Waals surface area contributed by atoms with E-state index in [0.29, 0.717) is 5.56 Å². The van der Waals surface area contributed by atoms with Crippen molar-refractivity contribution in [1.29, 1.82) is 0 Å². The summed E-state index contributed by atoms with van der Waals surface area (Å²) in [6.45, 7) is 12.0. The molecule has 0 aliphatic carbocycles. The first-order chi connectivity index (χ1) is 13.8. The maximum atomic E-state index is 13.7. The predicted molar refractivity (Wildman–Crippen MR) is 120 cm³/mol. The van der Waals surface area contributed by atoms with Crippen LogP contribution in [0.3, 0.4) is 0 Å². The second-order valence-corrected chi connectivity index (χ2v) is 9.84. The molecule has 3 aromatic rings. The highest BCUT2D eigenvalue weighted by Gasteiger charge is 2.21. The fraction of sp³-hybridized carbons (Fsp3) is 0.333. The maximum Gasteiger partial charge on any atom is 0.251 e. The molecule has 6 heteroatoms. The third-order valence-electron chi connectivity index (χ3n) is 4.51. The molecule has 0 unspecified atom stereocenters. The minimum atomic E-state index is -0.479. The van der Waals surface area contributed by atoms with Crippen molar-refractivity contribution < 1.29 is 9.18 Å². The minimum absolute atomic E-state index is 0.0401. The molecule has 1 heterocycles. The number of hydrogen-bond acceptors (Lipinski definition) is 2. The number of benzene rings is 2. The lowest BCUT2D eigenvalue weighted by molar-refractivity contribution is 0.0919. The van der Waals surface area contributed by atoms with Crippen LogP contribution in [0, 0.1) is 5.82 Å². The van der Waals surface area contributed by atoms with Crippen molar-refractivity contribution in [3.8, 4) is 22.4 Å². The van der Waals surface area contributed by atoms with Gasteiger partial charge in [0.15, 0.2) is 0 Å². The lowest BCUT2D eigenvalue weighted by Gasteiger charge is -2.24. The lowest BCUT2D eigenvalue weighted by Crippen LogP contribution is -2.40. The summed E-state index contributed by atoms with van der Waals surface area (Å²) in [7, 11) is 0. The first kappa shape index (κ1) is 22.0. The highest BCUT2D eigenvalue weighted by atomic mass is 35.5. The summed E-state index contributed by atoms with van der Waals surface area (Å²) in [6.07, 6.45) is 1.75. The van der Waals surface area contributed by atoms with Crippen molar-refractivity contribution in [3.63, 3.8) is 0 Å². The van der Waals surface area contributed by atoms with Crippen LogP contribution in [0.5, 0.6) is 0 Å². The van der Waals surface area contributed by atoms with E-state index in [0.717, 1.165) is 22.4 Å². The van der Waals surface area contributed by atoms with Crippen LogP contribution in [0.25, 0.3) is 22.4 Å². The van der Waals surface area contributed by atoms with Gasteiger partial charge in [0, 0.05) is 22.9 Å². The van der Waals surface area contributed by atoms with Crippen LogP contribution in [-0.4, -0.2) is 21.2 Å². The SMILES string of the molecule is CC(C)(C)NC(=O)c1cc(-c2ccc(F)c(Cl)c2)cc(-c2ccnn2C(C)(C)C)c1. The third-order valence-corrected chi connectivity index (χ3v) is 4.80. The Balaban J connectivity index is 2.20. The van der Waals surface area contributed by atoms with Crippen LogP contribution in [0.2, 0.25) is 5.02 Å². The van der Waals surface area contributed by atoms with Gasteiger partial charge in [-0.15, -0.1) is 0 Å². The van der Waals surface area contributed by atoms with Crippen molar-refractivity contribution in [1.82, 2.24) is 15.1 Å². The Kier molecular flexibility index (Phi) is 5.79. The van der Waals surface area contributed by atoms with E-state index in [9.17, 15) is 9.18 Å². The van der Waals surface area contributed by atoms with E-state index in [1.807, 2.05) is 43.7 Å². The van der Waals surface area contributed by atoms with Crippen molar-refractivity contribution >= 4 is 17.5 Å². The topological polar surface area (TPSA) is 46.9 Å². The van der Waals surface area contributed by atoms with Crippen LogP contribution in [0.1, 0.15) is 51.9 Å². The number of nitrogens with one attached hydrogen (secondary N) is 1. The summed E-state index contributed by atoms with van der Waals surface area (Å²) >= 11 is 6.01. The largest absolute Gasteiger partial charge is 0.347 e. The Morgan fingerprint density at radius 3 is 2.23 bits per heavy atom. The number of carbonyl (C=O) groups excluding carboxylic acids is 1. The predicted octanol–water partition coefficient (Wildman–Crippen LogP) is 6.29. The second-order valence-electron chi connectivity index (χ2n) is 9.43. The van der Waals surface area contributed by atoms with Gasteiger partial charge in [-0.2, -0.15) is 5.10 Å². The zero-order chi connectivity index (χ0) is 22.3. The molecule has 1 N–H and O–H groups in total. The fourth-order valence-corrected chi connectivity index (χ4v) is 3.40. The molecule has 0 radical (unpaired) electrons. The first-order valence-electron chi connectivity index (χ1n) is 9.83. The number of halogens is 2. The molecular weight excluding hydrogens is 401 g/mol. The maximum absolute atomic E-state index is 13.7. The molecule has 4 nitrogen and oxygen atoms in total. The summed E-state index contributed by atoms with van der Waals surface area (Å²) in [5.74, 6) is -0.659. The van der Waals surface area contributed by atoms with Gasteiger partial charge >= 0.3 is 0 Å². The average molecular weight is 428 g/mol. The van der Waals surface area contributed by atoms with E-state index in [1.165, 1.54) is 6.07 Å². The summed E-state index contributed by atoms with van der Waals surface area (Å²) in [5.41, 5.74) is 3.15. The van der Waals surface area contributed by atoms with Crippen molar-refractivity contribution in [2.24, 2.45) is 0 Å². The van der Waals surface area contributed by atoms with Gasteiger partial charge in [0.1, 0.15) is 5.82 Å². The first-order valence-corrected chi connectivity index (χ1v) is 10.2. The van der Waals surface area contributed by atoms with Crippen LogP contribution < -0.4 is 5.32 Å². The van der Waals surface area contributed by atoms with Crippen LogP contribution >= 0.6 is 11.6 Å². The van der Waals surface area contributed by atoms with Crippen LogP contribution in [-0.2, 0) is 5.54 Å². The zero-order valence-electron chi connectivity index (χ0n) is 18.2. The molecular formula is C24H27ClFN3O. The van der Waals surface area contributed by atoms with Gasteiger partial charge in [-0.25, -0.2) is 4.39 Å². The molecule has 0 saturated carbocycles. The molecule has 1 amide bonds. The monoisotopic (exact) mass is 427 g/mol. The van der Waals surface area contributed by atoms with Gasteiger partial charge in [0.05, 0.1) is 16.3 Å². The van der Waals surface area contributed by atoms with E-state index in [2.05, 4.69) is 31.2 Å². The quantitative estimate of drug-likeness (QED) is 0.533. The molecule has 158 valence electrons. The lowest BCUT2D eigenvalue weighted by atomic mass is 9.96. The minimum Gasteiger partial charge on any atom is -0.347 e. The van der Waals surface area contributed by atoms with Crippen molar-refractivity contribution in [2.75, 3.05) is 0 Å². The van der Waals surface area contributed by atoms with Gasteiger partial charge < -0.3 is 5.32 Å². The number of nitrogens with zero attached hydrogens (tertiary/aromatic N) is 2. The molecule has 0 bridgehead atoms. The number of hydrogen-bond donors (Lipinski definition) is 1. The fourth-order valence-electron chi connectivity index (χ4n) is 3.22. The molecule has 0 saturated heterocycles. The summed E-state index contributed by atoms with van der Waals surface area (Å²) in [6, 6.07) is 12.1. The summed E-state index contributed by atoms with van der Waals surface area (Å²) < 4.78 is 15.6. The molecule has 0 atom stereocenters. The van der Waals surface area contributed by atoms with E-state index in [1.54, 1.807) is 24.4 Å². The normalized spacial score (nSPS) is 12.1. The Morgan fingerprint density at radius 1 is 0.967 bits per heavy atom. The van der Waals surface area contributed by atoms with Crippen LogP contribution in [0.15, 0.2) is 48.7 Å². The highest BCUT2D eigenvalue weighted by molar-refractivity contribution is 6.31. The molecule has 0 aliphatic heterocycles. The highest BCUT2D eigenvalue weighted by Crippen LogP contribution is 2.32. The van der Waals surface area contributed by atoms with Gasteiger partial charge in [-0.05, 0) is 89.1 Å². The smallest absolute Gasteiger partial charge is 0.251 e. The molecule has 2 aromatic carbocycles. The third kappa shape index (κ3) is 4.90. The van der Waals surface area contributed by atoms with E-state index in [4.69, 9.17) is 11.6 Å². The Hall–Kier alpha value is -2.66. The number of rotatable bonds is 3.